The van der Waals surface area contributed by atoms with Gasteiger partial charge >= 0.3 is 0 Å². The van der Waals surface area contributed by atoms with Crippen molar-refractivity contribution >= 4 is 0 Å². The van der Waals surface area contributed by atoms with Crippen molar-refractivity contribution in [2.45, 2.75) is 78.7 Å². The van der Waals surface area contributed by atoms with E-state index in [2.05, 4.69) is 27.7 Å². The molecule has 0 aliphatic heterocycles. The first-order valence-corrected chi connectivity index (χ1v) is 7.87. The normalized spacial score (nSPS) is 18.3. The summed E-state index contributed by atoms with van der Waals surface area (Å²) in [5, 5.41) is 9.75. The van der Waals surface area contributed by atoms with Gasteiger partial charge in [-0.1, -0.05) is 47.0 Å². The molecular formula is C16H35NO. The minimum Gasteiger partial charge on any atom is -0.393 e. The zero-order chi connectivity index (χ0) is 14.0. The van der Waals surface area contributed by atoms with Crippen LogP contribution < -0.4 is 5.73 Å². The fourth-order valence-electron chi connectivity index (χ4n) is 3.01. The van der Waals surface area contributed by atoms with Gasteiger partial charge in [0.2, 0.25) is 0 Å². The fraction of sp³-hybridized carbons (Fsp3) is 1.00. The molecule has 18 heavy (non-hydrogen) atoms. The van der Waals surface area contributed by atoms with Crippen molar-refractivity contribution in [3.05, 3.63) is 0 Å². The Labute approximate surface area is 114 Å². The third-order valence-corrected chi connectivity index (χ3v) is 3.83. The SMILES string of the molecule is CCCCC(C)CC(C)CC(C)CC(O)CCN. The molecule has 4 unspecified atom stereocenters. The molecule has 0 aromatic heterocycles. The third-order valence-electron chi connectivity index (χ3n) is 3.83. The molecule has 0 heterocycles. The Balaban J connectivity index is 3.75. The lowest BCUT2D eigenvalue weighted by Gasteiger charge is -2.22. The predicted molar refractivity (Wildman–Crippen MR) is 80.5 cm³/mol. The number of hydrogen-bond acceptors (Lipinski definition) is 2. The first-order chi connectivity index (χ1) is 8.49. The maximum absolute atomic E-state index is 9.75. The van der Waals surface area contributed by atoms with Crippen LogP contribution in [0, 0.1) is 17.8 Å². The molecule has 0 aliphatic rings. The third kappa shape index (κ3) is 9.90. The lowest BCUT2D eigenvalue weighted by atomic mass is 9.85. The molecule has 0 spiro atoms. The maximum Gasteiger partial charge on any atom is 0.0554 e. The van der Waals surface area contributed by atoms with E-state index in [-0.39, 0.29) is 6.10 Å². The maximum atomic E-state index is 9.75. The molecular weight excluding hydrogens is 222 g/mol. The van der Waals surface area contributed by atoms with Crippen molar-refractivity contribution < 1.29 is 5.11 Å². The summed E-state index contributed by atoms with van der Waals surface area (Å²) in [6.45, 7) is 9.84. The topological polar surface area (TPSA) is 46.2 Å². The Morgan fingerprint density at radius 1 is 0.889 bits per heavy atom. The van der Waals surface area contributed by atoms with E-state index in [4.69, 9.17) is 5.73 Å². The Morgan fingerprint density at radius 3 is 2.00 bits per heavy atom. The molecule has 0 bridgehead atoms. The van der Waals surface area contributed by atoms with Gasteiger partial charge in [0.25, 0.3) is 0 Å². The van der Waals surface area contributed by atoms with E-state index in [1.165, 1.54) is 32.1 Å². The standard InChI is InChI=1S/C16H35NO/c1-5-6-7-13(2)10-14(3)11-15(4)12-16(18)8-9-17/h13-16,18H,5-12,17H2,1-4H3. The van der Waals surface area contributed by atoms with Crippen molar-refractivity contribution in [2.75, 3.05) is 6.54 Å². The van der Waals surface area contributed by atoms with Crippen molar-refractivity contribution in [1.29, 1.82) is 0 Å². The van der Waals surface area contributed by atoms with Crippen LogP contribution in [-0.2, 0) is 0 Å². The number of rotatable bonds is 11. The second kappa shape index (κ2) is 10.8. The van der Waals surface area contributed by atoms with Crippen LogP contribution in [0.5, 0.6) is 0 Å². The summed E-state index contributed by atoms with van der Waals surface area (Å²) < 4.78 is 0. The molecule has 0 radical (unpaired) electrons. The minimum atomic E-state index is -0.199. The number of unbranched alkanes of at least 4 members (excludes halogenated alkanes) is 1. The van der Waals surface area contributed by atoms with Gasteiger partial charge in [-0.2, -0.15) is 0 Å². The molecule has 3 N–H and O–H groups in total. The average molecular weight is 257 g/mol. The van der Waals surface area contributed by atoms with Gasteiger partial charge in [-0.15, -0.1) is 0 Å². The lowest BCUT2D eigenvalue weighted by Crippen LogP contribution is -2.18. The van der Waals surface area contributed by atoms with Crippen LogP contribution in [-0.4, -0.2) is 17.8 Å². The first kappa shape index (κ1) is 17.9. The molecule has 0 amide bonds. The number of hydrogen-bond donors (Lipinski definition) is 2. The summed E-state index contributed by atoms with van der Waals surface area (Å²) in [5.74, 6) is 2.23. The quantitative estimate of drug-likeness (QED) is 0.588. The van der Waals surface area contributed by atoms with Gasteiger partial charge in [0.1, 0.15) is 0 Å². The van der Waals surface area contributed by atoms with E-state index >= 15 is 0 Å². The summed E-state index contributed by atoms with van der Waals surface area (Å²) in [6.07, 6.45) is 8.05. The summed E-state index contributed by atoms with van der Waals surface area (Å²) in [6, 6.07) is 0. The molecule has 0 saturated heterocycles. The molecule has 0 fully saturated rings. The molecule has 0 aromatic carbocycles. The second-order valence-electron chi connectivity index (χ2n) is 6.40. The van der Waals surface area contributed by atoms with Crippen LogP contribution in [0.4, 0.5) is 0 Å². The van der Waals surface area contributed by atoms with Gasteiger partial charge < -0.3 is 10.8 Å². The molecule has 0 aliphatic carbocycles. The van der Waals surface area contributed by atoms with Gasteiger partial charge in [0, 0.05) is 0 Å². The first-order valence-electron chi connectivity index (χ1n) is 7.87. The summed E-state index contributed by atoms with van der Waals surface area (Å²) in [5.41, 5.74) is 5.46. The zero-order valence-corrected chi connectivity index (χ0v) is 13.0. The minimum absolute atomic E-state index is 0.199. The van der Waals surface area contributed by atoms with Gasteiger partial charge in [-0.25, -0.2) is 0 Å². The van der Waals surface area contributed by atoms with Gasteiger partial charge in [0.05, 0.1) is 6.10 Å². The average Bonchev–Trinajstić information content (AvgIpc) is 2.25. The van der Waals surface area contributed by atoms with Gasteiger partial charge in [-0.3, -0.25) is 0 Å². The highest BCUT2D eigenvalue weighted by atomic mass is 16.3. The highest BCUT2D eigenvalue weighted by Crippen LogP contribution is 2.25. The molecule has 2 nitrogen and oxygen atoms in total. The number of aliphatic hydroxyl groups excluding tert-OH is 1. The number of aliphatic hydroxyl groups is 1. The predicted octanol–water partition coefficient (Wildman–Crippen LogP) is 3.96. The monoisotopic (exact) mass is 257 g/mol. The zero-order valence-electron chi connectivity index (χ0n) is 13.0. The molecule has 4 atom stereocenters. The van der Waals surface area contributed by atoms with Gasteiger partial charge in [0.15, 0.2) is 0 Å². The van der Waals surface area contributed by atoms with E-state index < -0.39 is 0 Å². The fourth-order valence-corrected chi connectivity index (χ4v) is 3.01. The number of nitrogens with two attached hydrogens (primary N) is 1. The van der Waals surface area contributed by atoms with Crippen LogP contribution in [0.15, 0.2) is 0 Å². The summed E-state index contributed by atoms with van der Waals surface area (Å²) >= 11 is 0. The van der Waals surface area contributed by atoms with Crippen molar-refractivity contribution in [3.8, 4) is 0 Å². The van der Waals surface area contributed by atoms with Crippen molar-refractivity contribution in [1.82, 2.24) is 0 Å². The van der Waals surface area contributed by atoms with Gasteiger partial charge in [-0.05, 0) is 50.0 Å². The highest BCUT2D eigenvalue weighted by molar-refractivity contribution is 4.67. The Kier molecular flexibility index (Phi) is 10.8. The summed E-state index contributed by atoms with van der Waals surface area (Å²) in [4.78, 5) is 0. The smallest absolute Gasteiger partial charge is 0.0554 e. The molecule has 0 saturated carbocycles. The van der Waals surface area contributed by atoms with E-state index in [0.717, 1.165) is 24.7 Å². The summed E-state index contributed by atoms with van der Waals surface area (Å²) in [7, 11) is 0. The van der Waals surface area contributed by atoms with Crippen LogP contribution >= 0.6 is 0 Å². The van der Waals surface area contributed by atoms with Crippen LogP contribution in [0.3, 0.4) is 0 Å². The van der Waals surface area contributed by atoms with E-state index in [1.54, 1.807) is 0 Å². The van der Waals surface area contributed by atoms with Crippen LogP contribution in [0.25, 0.3) is 0 Å². The molecule has 0 aromatic rings. The lowest BCUT2D eigenvalue weighted by molar-refractivity contribution is 0.131. The Morgan fingerprint density at radius 2 is 1.44 bits per heavy atom. The van der Waals surface area contributed by atoms with Crippen LogP contribution in [0.1, 0.15) is 72.6 Å². The highest BCUT2D eigenvalue weighted by Gasteiger charge is 2.15. The second-order valence-corrected chi connectivity index (χ2v) is 6.40. The van der Waals surface area contributed by atoms with Crippen LogP contribution in [0.2, 0.25) is 0 Å². The van der Waals surface area contributed by atoms with Crippen molar-refractivity contribution in [2.24, 2.45) is 23.5 Å². The molecule has 2 heteroatoms. The van der Waals surface area contributed by atoms with Crippen molar-refractivity contribution in [3.63, 3.8) is 0 Å². The molecule has 110 valence electrons. The molecule has 0 rings (SSSR count). The van der Waals surface area contributed by atoms with E-state index in [0.29, 0.717) is 12.5 Å². The van der Waals surface area contributed by atoms with E-state index in [1.807, 2.05) is 0 Å². The Hall–Kier alpha value is -0.0800. The Bertz CT molecular complexity index is 184. The van der Waals surface area contributed by atoms with E-state index in [9.17, 15) is 5.11 Å². The largest absolute Gasteiger partial charge is 0.393 e.